The number of hydrogen-bond acceptors (Lipinski definition) is 3. The van der Waals surface area contributed by atoms with Crippen LogP contribution in [-0.4, -0.2) is 16.8 Å². The van der Waals surface area contributed by atoms with Crippen molar-refractivity contribution in [1.29, 1.82) is 0 Å². The Balaban J connectivity index is 1.90. The molecule has 1 aromatic heterocycles. The fraction of sp³-hybridized carbons (Fsp3) is 0.353. The van der Waals surface area contributed by atoms with E-state index < -0.39 is 0 Å². The van der Waals surface area contributed by atoms with Crippen molar-refractivity contribution in [2.45, 2.75) is 39.0 Å². The van der Waals surface area contributed by atoms with Gasteiger partial charge in [-0.3, -0.25) is 10.1 Å². The summed E-state index contributed by atoms with van der Waals surface area (Å²) in [7, 11) is 0. The standard InChI is InChI=1S/C17H20N2OS/c1-3-15-17(20)19(9-14-11-21-10-12(14)2)16(18-15)13-7-5-4-6-8-13/h4-8,10-11,15-16,18H,3,9H2,1-2H3. The van der Waals surface area contributed by atoms with Gasteiger partial charge in [0.2, 0.25) is 5.91 Å². The molecule has 3 rings (SSSR count). The van der Waals surface area contributed by atoms with Crippen LogP contribution >= 0.6 is 11.3 Å². The van der Waals surface area contributed by atoms with Gasteiger partial charge >= 0.3 is 0 Å². The van der Waals surface area contributed by atoms with Gasteiger partial charge in [-0.05, 0) is 40.8 Å². The monoisotopic (exact) mass is 300 g/mol. The predicted octanol–water partition coefficient (Wildman–Crippen LogP) is 3.47. The highest BCUT2D eigenvalue weighted by molar-refractivity contribution is 7.08. The van der Waals surface area contributed by atoms with E-state index in [0.717, 1.165) is 12.0 Å². The van der Waals surface area contributed by atoms with Crippen LogP contribution < -0.4 is 5.32 Å². The summed E-state index contributed by atoms with van der Waals surface area (Å²) >= 11 is 1.70. The molecule has 0 saturated carbocycles. The maximum Gasteiger partial charge on any atom is 0.241 e. The van der Waals surface area contributed by atoms with Crippen molar-refractivity contribution in [1.82, 2.24) is 10.2 Å². The first-order valence-corrected chi connectivity index (χ1v) is 8.28. The smallest absolute Gasteiger partial charge is 0.241 e. The minimum atomic E-state index is -0.0749. The maximum atomic E-state index is 12.6. The van der Waals surface area contributed by atoms with Crippen LogP contribution in [-0.2, 0) is 11.3 Å². The van der Waals surface area contributed by atoms with Crippen LogP contribution in [0.3, 0.4) is 0 Å². The van der Waals surface area contributed by atoms with Crippen molar-refractivity contribution in [2.24, 2.45) is 0 Å². The lowest BCUT2D eigenvalue weighted by Gasteiger charge is -2.24. The molecular weight excluding hydrogens is 280 g/mol. The Kier molecular flexibility index (Phi) is 4.08. The van der Waals surface area contributed by atoms with E-state index in [1.54, 1.807) is 11.3 Å². The van der Waals surface area contributed by atoms with Crippen LogP contribution in [0.25, 0.3) is 0 Å². The lowest BCUT2D eigenvalue weighted by atomic mass is 10.1. The molecule has 1 fully saturated rings. The predicted molar refractivity (Wildman–Crippen MR) is 86.0 cm³/mol. The van der Waals surface area contributed by atoms with Gasteiger partial charge in [0.05, 0.1) is 6.04 Å². The summed E-state index contributed by atoms with van der Waals surface area (Å²) in [6, 6.07) is 10.1. The molecule has 2 atom stereocenters. The number of carbonyl (C=O) groups excluding carboxylic acids is 1. The summed E-state index contributed by atoms with van der Waals surface area (Å²) in [6.07, 6.45) is 0.796. The van der Waals surface area contributed by atoms with E-state index in [4.69, 9.17) is 0 Å². The lowest BCUT2D eigenvalue weighted by Crippen LogP contribution is -2.30. The molecule has 110 valence electrons. The first kappa shape index (κ1) is 14.3. The van der Waals surface area contributed by atoms with Crippen LogP contribution in [0.15, 0.2) is 41.1 Å². The number of amides is 1. The molecular formula is C17H20N2OS. The quantitative estimate of drug-likeness (QED) is 0.938. The number of nitrogens with zero attached hydrogens (tertiary/aromatic N) is 1. The van der Waals surface area contributed by atoms with Crippen molar-refractivity contribution in [3.8, 4) is 0 Å². The van der Waals surface area contributed by atoms with Gasteiger partial charge in [-0.1, -0.05) is 37.3 Å². The normalized spacial score (nSPS) is 22.0. The molecule has 1 aliphatic heterocycles. The molecule has 1 aliphatic rings. The molecule has 21 heavy (non-hydrogen) atoms. The van der Waals surface area contributed by atoms with E-state index in [1.807, 2.05) is 23.1 Å². The third-order valence-electron chi connectivity index (χ3n) is 4.08. The molecule has 0 aliphatic carbocycles. The van der Waals surface area contributed by atoms with Crippen molar-refractivity contribution >= 4 is 17.2 Å². The number of thiophene rings is 1. The Labute approximate surface area is 129 Å². The Bertz CT molecular complexity index is 623. The largest absolute Gasteiger partial charge is 0.317 e. The highest BCUT2D eigenvalue weighted by Crippen LogP contribution is 2.29. The summed E-state index contributed by atoms with van der Waals surface area (Å²) in [4.78, 5) is 14.6. The first-order chi connectivity index (χ1) is 10.2. The SMILES string of the molecule is CCC1NC(c2ccccc2)N(Cc2cscc2C)C1=O. The highest BCUT2D eigenvalue weighted by atomic mass is 32.1. The maximum absolute atomic E-state index is 12.6. The fourth-order valence-electron chi connectivity index (χ4n) is 2.78. The molecule has 0 radical (unpaired) electrons. The average molecular weight is 300 g/mol. The molecule has 2 aromatic rings. The van der Waals surface area contributed by atoms with Crippen LogP contribution in [0.1, 0.15) is 36.2 Å². The Morgan fingerprint density at radius 3 is 2.62 bits per heavy atom. The van der Waals surface area contributed by atoms with Crippen LogP contribution in [0.2, 0.25) is 0 Å². The van der Waals surface area contributed by atoms with Crippen LogP contribution in [0, 0.1) is 6.92 Å². The average Bonchev–Trinajstić information content (AvgIpc) is 3.05. The molecule has 1 aromatic carbocycles. The zero-order valence-electron chi connectivity index (χ0n) is 12.4. The van der Waals surface area contributed by atoms with Crippen molar-refractivity contribution in [3.05, 3.63) is 57.8 Å². The lowest BCUT2D eigenvalue weighted by molar-refractivity contribution is -0.130. The van der Waals surface area contributed by atoms with Gasteiger partial charge < -0.3 is 4.90 Å². The van der Waals surface area contributed by atoms with E-state index in [9.17, 15) is 4.79 Å². The number of aryl methyl sites for hydroxylation is 1. The van der Waals surface area contributed by atoms with Crippen LogP contribution in [0.5, 0.6) is 0 Å². The summed E-state index contributed by atoms with van der Waals surface area (Å²) < 4.78 is 0. The molecule has 1 N–H and O–H groups in total. The number of carbonyl (C=O) groups is 1. The van der Waals surface area contributed by atoms with E-state index >= 15 is 0 Å². The van der Waals surface area contributed by atoms with Gasteiger partial charge in [-0.2, -0.15) is 11.3 Å². The second-order valence-corrected chi connectivity index (χ2v) is 6.23. The number of rotatable bonds is 4. The van der Waals surface area contributed by atoms with Crippen molar-refractivity contribution < 1.29 is 4.79 Å². The van der Waals surface area contributed by atoms with Gasteiger partial charge in [0.1, 0.15) is 6.17 Å². The molecule has 2 heterocycles. The molecule has 2 unspecified atom stereocenters. The van der Waals surface area contributed by atoms with Gasteiger partial charge in [-0.25, -0.2) is 0 Å². The van der Waals surface area contributed by atoms with Gasteiger partial charge in [0.25, 0.3) is 0 Å². The van der Waals surface area contributed by atoms with Gasteiger partial charge in [-0.15, -0.1) is 0 Å². The van der Waals surface area contributed by atoms with Crippen LogP contribution in [0.4, 0.5) is 0 Å². The number of hydrogen-bond donors (Lipinski definition) is 1. The summed E-state index contributed by atoms with van der Waals surface area (Å²) in [5.41, 5.74) is 3.65. The third kappa shape index (κ3) is 2.74. The number of benzene rings is 1. The molecule has 0 spiro atoms. The molecule has 1 saturated heterocycles. The summed E-state index contributed by atoms with van der Waals surface area (Å²) in [5, 5.41) is 7.75. The molecule has 0 bridgehead atoms. The second kappa shape index (κ2) is 6.00. The molecule has 1 amide bonds. The van der Waals surface area contributed by atoms with Gasteiger partial charge in [0, 0.05) is 6.54 Å². The first-order valence-electron chi connectivity index (χ1n) is 7.34. The molecule has 3 nitrogen and oxygen atoms in total. The minimum absolute atomic E-state index is 0.0250. The van der Waals surface area contributed by atoms with Crippen molar-refractivity contribution in [2.75, 3.05) is 0 Å². The molecule has 4 heteroatoms. The fourth-order valence-corrected chi connectivity index (χ4v) is 3.63. The summed E-state index contributed by atoms with van der Waals surface area (Å²) in [6.45, 7) is 4.84. The van der Waals surface area contributed by atoms with E-state index in [2.05, 4.69) is 42.1 Å². The Morgan fingerprint density at radius 2 is 2.00 bits per heavy atom. The second-order valence-electron chi connectivity index (χ2n) is 5.49. The Morgan fingerprint density at radius 1 is 1.24 bits per heavy atom. The van der Waals surface area contributed by atoms with E-state index in [-0.39, 0.29) is 18.1 Å². The minimum Gasteiger partial charge on any atom is -0.317 e. The van der Waals surface area contributed by atoms with Gasteiger partial charge in [0.15, 0.2) is 0 Å². The van der Waals surface area contributed by atoms with E-state index in [0.29, 0.717) is 6.54 Å². The zero-order chi connectivity index (χ0) is 14.8. The third-order valence-corrected chi connectivity index (χ3v) is 4.99. The van der Waals surface area contributed by atoms with E-state index in [1.165, 1.54) is 11.1 Å². The highest BCUT2D eigenvalue weighted by Gasteiger charge is 2.38. The van der Waals surface area contributed by atoms with Crippen molar-refractivity contribution in [3.63, 3.8) is 0 Å². The topological polar surface area (TPSA) is 32.3 Å². The Hall–Kier alpha value is -1.65. The zero-order valence-corrected chi connectivity index (χ0v) is 13.2. The number of nitrogens with one attached hydrogen (secondary N) is 1. The summed E-state index contributed by atoms with van der Waals surface area (Å²) in [5.74, 6) is 0.206.